The zero-order valence-electron chi connectivity index (χ0n) is 16.3. The Hall–Kier alpha value is -2.55. The standard InChI is InChI=1S/C20H20ClN5O2S/c1-11-15-17-18(29-20(15)26-12(2)16(11)21)19(25-10-24-17)23-9-13-4-5-14(22-8-13)28-7-6-27-3/h4-5,8,10H,6-7,9H2,1-3H3,(H,23,24,25). The van der Waals surface area contributed by atoms with Crippen molar-refractivity contribution in [3.63, 3.8) is 0 Å². The highest BCUT2D eigenvalue weighted by atomic mass is 35.5. The highest BCUT2D eigenvalue weighted by Crippen LogP contribution is 2.39. The van der Waals surface area contributed by atoms with E-state index in [0.717, 1.165) is 43.1 Å². The Bertz CT molecular complexity index is 1160. The number of hydrogen-bond acceptors (Lipinski definition) is 8. The molecule has 29 heavy (non-hydrogen) atoms. The van der Waals surface area contributed by atoms with Gasteiger partial charge in [-0.1, -0.05) is 17.7 Å². The fourth-order valence-corrected chi connectivity index (χ4v) is 4.38. The predicted octanol–water partition coefficient (Wildman–Crippen LogP) is 4.54. The molecule has 0 aliphatic rings. The van der Waals surface area contributed by atoms with Crippen LogP contribution in [-0.4, -0.2) is 40.3 Å². The largest absolute Gasteiger partial charge is 0.475 e. The maximum absolute atomic E-state index is 6.41. The predicted molar refractivity (Wildman–Crippen MR) is 116 cm³/mol. The molecule has 0 amide bonds. The van der Waals surface area contributed by atoms with Crippen molar-refractivity contribution in [2.24, 2.45) is 0 Å². The minimum absolute atomic E-state index is 0.475. The summed E-state index contributed by atoms with van der Waals surface area (Å²) in [6, 6.07) is 3.82. The highest BCUT2D eigenvalue weighted by molar-refractivity contribution is 7.26. The van der Waals surface area contributed by atoms with Crippen molar-refractivity contribution < 1.29 is 9.47 Å². The second-order valence-electron chi connectivity index (χ2n) is 6.52. The van der Waals surface area contributed by atoms with Gasteiger partial charge in [-0.05, 0) is 25.0 Å². The molecule has 0 saturated carbocycles. The van der Waals surface area contributed by atoms with Gasteiger partial charge in [-0.3, -0.25) is 0 Å². The van der Waals surface area contributed by atoms with Crippen LogP contribution in [0.25, 0.3) is 20.4 Å². The van der Waals surface area contributed by atoms with Gasteiger partial charge in [0.1, 0.15) is 23.6 Å². The van der Waals surface area contributed by atoms with E-state index < -0.39 is 0 Å². The lowest BCUT2D eigenvalue weighted by Crippen LogP contribution is -2.06. The average molecular weight is 430 g/mol. The van der Waals surface area contributed by atoms with Crippen LogP contribution in [-0.2, 0) is 11.3 Å². The van der Waals surface area contributed by atoms with E-state index in [1.807, 2.05) is 26.0 Å². The Morgan fingerprint density at radius 3 is 2.76 bits per heavy atom. The van der Waals surface area contributed by atoms with Crippen molar-refractivity contribution >= 4 is 49.2 Å². The van der Waals surface area contributed by atoms with Crippen LogP contribution in [0.5, 0.6) is 5.88 Å². The van der Waals surface area contributed by atoms with Crippen LogP contribution in [0.15, 0.2) is 24.7 Å². The molecule has 0 aliphatic heterocycles. The Morgan fingerprint density at radius 1 is 1.14 bits per heavy atom. The minimum Gasteiger partial charge on any atom is -0.475 e. The third-order valence-corrected chi connectivity index (χ3v) is 6.18. The monoisotopic (exact) mass is 429 g/mol. The lowest BCUT2D eigenvalue weighted by atomic mass is 10.1. The summed E-state index contributed by atoms with van der Waals surface area (Å²) in [6.07, 6.45) is 3.35. The molecule has 0 atom stereocenters. The molecule has 4 rings (SSSR count). The van der Waals surface area contributed by atoms with Crippen molar-refractivity contribution in [2.75, 3.05) is 25.6 Å². The van der Waals surface area contributed by atoms with Gasteiger partial charge >= 0.3 is 0 Å². The molecule has 0 fully saturated rings. The number of aromatic nitrogens is 4. The first-order chi connectivity index (χ1) is 14.1. The SMILES string of the molecule is COCCOc1ccc(CNc2ncnc3c2sc2nc(C)c(Cl)c(C)c23)cn1. The molecule has 0 spiro atoms. The fourth-order valence-electron chi connectivity index (χ4n) is 3.04. The molecule has 0 radical (unpaired) electrons. The van der Waals surface area contributed by atoms with Gasteiger partial charge in [0.25, 0.3) is 0 Å². The van der Waals surface area contributed by atoms with E-state index >= 15 is 0 Å². The van der Waals surface area contributed by atoms with E-state index in [-0.39, 0.29) is 0 Å². The number of ether oxygens (including phenoxy) is 2. The maximum atomic E-state index is 6.41. The number of nitrogens with zero attached hydrogens (tertiary/aromatic N) is 4. The normalized spacial score (nSPS) is 11.3. The van der Waals surface area contributed by atoms with E-state index in [1.54, 1.807) is 31.0 Å². The molecular weight excluding hydrogens is 410 g/mol. The second-order valence-corrected chi connectivity index (χ2v) is 7.89. The lowest BCUT2D eigenvalue weighted by molar-refractivity contribution is 0.143. The number of fused-ring (bicyclic) bond motifs is 3. The first-order valence-corrected chi connectivity index (χ1v) is 10.3. The van der Waals surface area contributed by atoms with E-state index in [9.17, 15) is 0 Å². The summed E-state index contributed by atoms with van der Waals surface area (Å²) in [7, 11) is 1.64. The zero-order chi connectivity index (χ0) is 20.4. The van der Waals surface area contributed by atoms with Crippen LogP contribution in [0.1, 0.15) is 16.8 Å². The van der Waals surface area contributed by atoms with Crippen molar-refractivity contribution in [2.45, 2.75) is 20.4 Å². The van der Waals surface area contributed by atoms with Crippen molar-refractivity contribution in [1.29, 1.82) is 0 Å². The molecule has 9 heteroatoms. The van der Waals surface area contributed by atoms with Crippen molar-refractivity contribution in [1.82, 2.24) is 19.9 Å². The molecule has 0 unspecified atom stereocenters. The second kappa shape index (κ2) is 8.44. The van der Waals surface area contributed by atoms with Crippen molar-refractivity contribution in [3.8, 4) is 5.88 Å². The summed E-state index contributed by atoms with van der Waals surface area (Å²) in [5, 5.41) is 5.06. The van der Waals surface area contributed by atoms with Gasteiger partial charge in [0, 0.05) is 31.3 Å². The number of thiophene rings is 1. The number of pyridine rings is 2. The van der Waals surface area contributed by atoms with Crippen LogP contribution in [0.4, 0.5) is 5.82 Å². The van der Waals surface area contributed by atoms with E-state index in [1.165, 1.54) is 0 Å². The van der Waals surface area contributed by atoms with Crippen molar-refractivity contribution in [3.05, 3.63) is 46.5 Å². The minimum atomic E-state index is 0.475. The van der Waals surface area contributed by atoms with Gasteiger partial charge in [-0.2, -0.15) is 0 Å². The summed E-state index contributed by atoms with van der Waals surface area (Å²) in [5.41, 5.74) is 3.71. The van der Waals surface area contributed by atoms with Gasteiger partial charge in [0.2, 0.25) is 5.88 Å². The number of rotatable bonds is 7. The number of hydrogen-bond donors (Lipinski definition) is 1. The number of methoxy groups -OCH3 is 1. The van der Waals surface area contributed by atoms with Crippen LogP contribution >= 0.6 is 22.9 Å². The zero-order valence-corrected chi connectivity index (χ0v) is 17.9. The Balaban J connectivity index is 1.57. The first kappa shape index (κ1) is 19.8. The third-order valence-electron chi connectivity index (χ3n) is 4.54. The molecule has 4 aromatic heterocycles. The van der Waals surface area contributed by atoms with Crippen LogP contribution in [0.3, 0.4) is 0 Å². The number of aryl methyl sites for hydroxylation is 2. The Morgan fingerprint density at radius 2 is 2.00 bits per heavy atom. The third kappa shape index (κ3) is 3.96. The molecule has 1 N–H and O–H groups in total. The topological polar surface area (TPSA) is 82.0 Å². The maximum Gasteiger partial charge on any atom is 0.213 e. The highest BCUT2D eigenvalue weighted by Gasteiger charge is 2.17. The first-order valence-electron chi connectivity index (χ1n) is 9.09. The molecule has 4 heterocycles. The van der Waals surface area contributed by atoms with Gasteiger partial charge in [0.05, 0.1) is 27.5 Å². The molecule has 0 bridgehead atoms. The summed E-state index contributed by atoms with van der Waals surface area (Å²) < 4.78 is 11.4. The van der Waals surface area contributed by atoms with E-state index in [2.05, 4.69) is 25.3 Å². The number of anilines is 1. The van der Waals surface area contributed by atoms with Crippen LogP contribution in [0, 0.1) is 13.8 Å². The molecular formula is C20H20ClN5O2S. The molecule has 7 nitrogen and oxygen atoms in total. The molecule has 4 aromatic rings. The van der Waals surface area contributed by atoms with Crippen LogP contribution < -0.4 is 10.1 Å². The van der Waals surface area contributed by atoms with Gasteiger partial charge in [-0.25, -0.2) is 19.9 Å². The Labute approximate surface area is 177 Å². The average Bonchev–Trinajstić information content (AvgIpc) is 3.10. The summed E-state index contributed by atoms with van der Waals surface area (Å²) >= 11 is 7.98. The van der Waals surface area contributed by atoms with Gasteiger partial charge in [-0.15, -0.1) is 11.3 Å². The lowest BCUT2D eigenvalue weighted by Gasteiger charge is -2.08. The molecule has 0 saturated heterocycles. The quantitative estimate of drug-likeness (QED) is 0.432. The van der Waals surface area contributed by atoms with E-state index in [4.69, 9.17) is 21.1 Å². The fraction of sp³-hybridized carbons (Fsp3) is 0.300. The van der Waals surface area contributed by atoms with Gasteiger partial charge < -0.3 is 14.8 Å². The smallest absolute Gasteiger partial charge is 0.213 e. The van der Waals surface area contributed by atoms with E-state index in [0.29, 0.717) is 30.7 Å². The molecule has 150 valence electrons. The Kier molecular flexibility index (Phi) is 5.75. The molecule has 0 aliphatic carbocycles. The summed E-state index contributed by atoms with van der Waals surface area (Å²) in [5.74, 6) is 1.35. The van der Waals surface area contributed by atoms with Crippen LogP contribution in [0.2, 0.25) is 5.02 Å². The number of halogens is 1. The molecule has 0 aromatic carbocycles. The summed E-state index contributed by atoms with van der Waals surface area (Å²) in [6.45, 7) is 5.51. The number of nitrogens with one attached hydrogen (secondary N) is 1. The summed E-state index contributed by atoms with van der Waals surface area (Å²) in [4.78, 5) is 18.8. The van der Waals surface area contributed by atoms with Gasteiger partial charge in [0.15, 0.2) is 0 Å².